The first-order valence-corrected chi connectivity index (χ1v) is 13.8. The van der Waals surface area contributed by atoms with Crippen LogP contribution in [0.3, 0.4) is 0 Å². The van der Waals surface area contributed by atoms with E-state index in [9.17, 15) is 22.7 Å². The van der Waals surface area contributed by atoms with Gasteiger partial charge in [0.15, 0.2) is 0 Å². The number of pyridine rings is 1. The average molecular weight is 577 g/mol. The van der Waals surface area contributed by atoms with Gasteiger partial charge < -0.3 is 24.4 Å². The molecule has 214 valence electrons. The van der Waals surface area contributed by atoms with Crippen molar-refractivity contribution < 1.29 is 36.6 Å². The van der Waals surface area contributed by atoms with Gasteiger partial charge in [-0.2, -0.15) is 4.39 Å². The summed E-state index contributed by atoms with van der Waals surface area (Å²) in [6.07, 6.45) is -0.480. The molecule has 0 radical (unpaired) electrons. The van der Waals surface area contributed by atoms with Gasteiger partial charge in [-0.25, -0.2) is 26.9 Å². The first-order valence-electron chi connectivity index (χ1n) is 12.3. The zero-order valence-corrected chi connectivity index (χ0v) is 23.3. The summed E-state index contributed by atoms with van der Waals surface area (Å²) >= 11 is 0. The van der Waals surface area contributed by atoms with E-state index < -0.39 is 32.8 Å². The Morgan fingerprint density at radius 2 is 1.90 bits per heavy atom. The number of nitrogens with zero attached hydrogens (tertiary/aromatic N) is 4. The molecule has 13 heteroatoms. The highest BCUT2D eigenvalue weighted by atomic mass is 32.2. The van der Waals surface area contributed by atoms with Crippen LogP contribution in [0.25, 0.3) is 0 Å². The van der Waals surface area contributed by atoms with Crippen molar-refractivity contribution in [1.29, 1.82) is 0 Å². The van der Waals surface area contributed by atoms with Gasteiger partial charge in [0.1, 0.15) is 28.0 Å². The van der Waals surface area contributed by atoms with E-state index in [0.717, 1.165) is 16.4 Å². The molecule has 1 fully saturated rings. The minimum Gasteiger partial charge on any atom is -0.497 e. The number of hydrogen-bond acceptors (Lipinski definition) is 7. The van der Waals surface area contributed by atoms with Crippen LogP contribution in [0, 0.1) is 18.7 Å². The molecule has 0 saturated carbocycles. The Labute approximate surface area is 231 Å². The van der Waals surface area contributed by atoms with Gasteiger partial charge in [0.2, 0.25) is 5.95 Å². The normalized spacial score (nSPS) is 15.2. The number of carboxylic acid groups (broad SMARTS) is 1. The molecule has 2 aromatic carbocycles. The number of likely N-dealkylation sites (tertiary alicyclic amines) is 1. The summed E-state index contributed by atoms with van der Waals surface area (Å²) in [5.74, 6) is -1.36. The number of aryl methyl sites for hydroxylation is 1. The number of amides is 1. The first-order chi connectivity index (χ1) is 19.0. The Bertz CT molecular complexity index is 1520. The molecule has 1 amide bonds. The molecule has 1 atom stereocenters. The fourth-order valence-corrected chi connectivity index (χ4v) is 6.26. The van der Waals surface area contributed by atoms with Gasteiger partial charge in [-0.1, -0.05) is 6.07 Å². The van der Waals surface area contributed by atoms with Crippen molar-refractivity contribution >= 4 is 27.6 Å². The number of rotatable bonds is 9. The molecule has 0 aliphatic carbocycles. The van der Waals surface area contributed by atoms with Crippen LogP contribution in [-0.4, -0.2) is 69.9 Å². The van der Waals surface area contributed by atoms with E-state index in [2.05, 4.69) is 4.98 Å². The Balaban J connectivity index is 1.74. The van der Waals surface area contributed by atoms with Crippen molar-refractivity contribution in [3.8, 4) is 11.5 Å². The fourth-order valence-electron chi connectivity index (χ4n) is 4.73. The van der Waals surface area contributed by atoms with E-state index in [4.69, 9.17) is 9.47 Å². The second-order valence-corrected chi connectivity index (χ2v) is 11.2. The molecule has 2 heterocycles. The molecular weight excluding hydrogens is 546 g/mol. The van der Waals surface area contributed by atoms with Gasteiger partial charge in [-0.15, -0.1) is 0 Å². The van der Waals surface area contributed by atoms with E-state index in [0.29, 0.717) is 41.3 Å². The quantitative estimate of drug-likeness (QED) is 0.376. The van der Waals surface area contributed by atoms with Crippen molar-refractivity contribution in [1.82, 2.24) is 9.88 Å². The molecule has 10 nitrogen and oxygen atoms in total. The van der Waals surface area contributed by atoms with E-state index in [1.807, 2.05) is 0 Å². The van der Waals surface area contributed by atoms with Crippen LogP contribution >= 0.6 is 0 Å². The zero-order valence-electron chi connectivity index (χ0n) is 22.5. The summed E-state index contributed by atoms with van der Waals surface area (Å²) in [4.78, 5) is 17.5. The second kappa shape index (κ2) is 11.5. The third kappa shape index (κ3) is 5.74. The minimum absolute atomic E-state index is 0.202. The number of halogens is 2. The number of hydrogen-bond donors (Lipinski definition) is 1. The molecule has 3 aromatic rings. The molecule has 0 unspecified atom stereocenters. The lowest BCUT2D eigenvalue weighted by atomic mass is 10.1. The maximum atomic E-state index is 15.6. The molecule has 1 aliphatic rings. The smallest absolute Gasteiger partial charge is 0.407 e. The van der Waals surface area contributed by atoms with Crippen LogP contribution in [0.4, 0.5) is 25.1 Å². The molecule has 0 spiro atoms. The van der Waals surface area contributed by atoms with E-state index in [-0.39, 0.29) is 24.9 Å². The van der Waals surface area contributed by atoms with Gasteiger partial charge in [0.05, 0.1) is 20.8 Å². The lowest BCUT2D eigenvalue weighted by molar-refractivity contribution is 0.155. The van der Waals surface area contributed by atoms with Gasteiger partial charge in [-0.3, -0.25) is 0 Å². The molecule has 40 heavy (non-hydrogen) atoms. The van der Waals surface area contributed by atoms with Gasteiger partial charge in [-0.05, 0) is 55.3 Å². The summed E-state index contributed by atoms with van der Waals surface area (Å²) in [5.41, 5.74) is 1.31. The standard InChI is InChI=1S/C27H30F2N4O6S/c1-17-12-24(21(28)14-22(17)31(2)19-10-11-32(16-19)27(34)35)40(36,37)33(26-7-5-6-25(29)30-26)15-18-8-9-20(38-3)13-23(18)39-4/h5-9,12-14,19H,10-11,15-16H2,1-4H3,(H,34,35)/t19-/m0/s1. The van der Waals surface area contributed by atoms with Crippen LogP contribution in [0.5, 0.6) is 11.5 Å². The van der Waals surface area contributed by atoms with Crippen LogP contribution in [-0.2, 0) is 16.6 Å². The van der Waals surface area contributed by atoms with Crippen molar-refractivity contribution in [3.63, 3.8) is 0 Å². The number of methoxy groups -OCH3 is 2. The third-order valence-corrected chi connectivity index (χ3v) is 8.71. The molecule has 1 aliphatic heterocycles. The van der Waals surface area contributed by atoms with Crippen molar-refractivity contribution in [2.24, 2.45) is 0 Å². The van der Waals surface area contributed by atoms with Gasteiger partial charge in [0.25, 0.3) is 10.0 Å². The van der Waals surface area contributed by atoms with E-state index in [1.165, 1.54) is 37.3 Å². The Morgan fingerprint density at radius 3 is 2.52 bits per heavy atom. The molecular formula is C27H30F2N4O6S. The number of aromatic nitrogens is 1. The monoisotopic (exact) mass is 576 g/mol. The molecule has 1 N–H and O–H groups in total. The number of likely N-dealkylation sites (N-methyl/N-ethyl adjacent to an activating group) is 1. The van der Waals surface area contributed by atoms with E-state index >= 15 is 4.39 Å². The lowest BCUT2D eigenvalue weighted by Gasteiger charge is -2.29. The van der Waals surface area contributed by atoms with Crippen molar-refractivity contribution in [3.05, 3.63) is 71.4 Å². The van der Waals surface area contributed by atoms with Crippen LogP contribution < -0.4 is 18.7 Å². The first kappa shape index (κ1) is 28.9. The number of carbonyl (C=O) groups is 1. The Hall–Kier alpha value is -4.13. The molecule has 1 saturated heterocycles. The highest BCUT2D eigenvalue weighted by Gasteiger charge is 2.33. The largest absolute Gasteiger partial charge is 0.497 e. The molecule has 4 rings (SSSR count). The predicted molar refractivity (Wildman–Crippen MR) is 145 cm³/mol. The topological polar surface area (TPSA) is 113 Å². The lowest BCUT2D eigenvalue weighted by Crippen LogP contribution is -2.36. The Morgan fingerprint density at radius 1 is 1.15 bits per heavy atom. The summed E-state index contributed by atoms with van der Waals surface area (Å²) in [5, 5.41) is 9.27. The van der Waals surface area contributed by atoms with Crippen LogP contribution in [0.2, 0.25) is 0 Å². The summed E-state index contributed by atoms with van der Waals surface area (Å²) < 4.78 is 69.1. The number of anilines is 2. The zero-order chi connectivity index (χ0) is 29.2. The number of ether oxygens (including phenoxy) is 2. The number of benzene rings is 2. The SMILES string of the molecule is COc1ccc(CN(c2cccc(F)n2)S(=O)(=O)c2cc(C)c(N(C)[C@H]3CCN(C(=O)O)C3)cc2F)c(OC)c1. The molecule has 0 bridgehead atoms. The van der Waals surface area contributed by atoms with Gasteiger partial charge >= 0.3 is 6.09 Å². The maximum absolute atomic E-state index is 15.6. The predicted octanol–water partition coefficient (Wildman–Crippen LogP) is 4.27. The Kier molecular flexibility index (Phi) is 8.33. The van der Waals surface area contributed by atoms with Crippen molar-refractivity contribution in [2.75, 3.05) is 43.6 Å². The van der Waals surface area contributed by atoms with Gasteiger partial charge in [0, 0.05) is 43.5 Å². The minimum atomic E-state index is -4.61. The average Bonchev–Trinajstić information content (AvgIpc) is 3.43. The number of sulfonamides is 1. The fraction of sp³-hybridized carbons (Fsp3) is 0.333. The third-order valence-electron chi connectivity index (χ3n) is 6.94. The maximum Gasteiger partial charge on any atom is 0.407 e. The molecule has 1 aromatic heterocycles. The second-order valence-electron chi connectivity index (χ2n) is 9.36. The summed E-state index contributed by atoms with van der Waals surface area (Å²) in [7, 11) is -0.00565. The summed E-state index contributed by atoms with van der Waals surface area (Å²) in [6, 6.07) is 10.6. The van der Waals surface area contributed by atoms with Crippen LogP contribution in [0.1, 0.15) is 17.5 Å². The highest BCUT2D eigenvalue weighted by Crippen LogP contribution is 2.34. The van der Waals surface area contributed by atoms with Crippen molar-refractivity contribution in [2.45, 2.75) is 30.8 Å². The van der Waals surface area contributed by atoms with Crippen LogP contribution in [0.15, 0.2) is 53.4 Å². The highest BCUT2D eigenvalue weighted by molar-refractivity contribution is 7.92. The van der Waals surface area contributed by atoms with E-state index in [1.54, 1.807) is 37.1 Å². The summed E-state index contributed by atoms with van der Waals surface area (Å²) in [6.45, 7) is 1.91.